The highest BCUT2D eigenvalue weighted by Gasteiger charge is 2.28. The summed E-state index contributed by atoms with van der Waals surface area (Å²) in [6, 6.07) is 0. The molecular weight excluding hydrogens is 928 g/mol. The van der Waals surface area contributed by atoms with E-state index in [1.165, 1.54) is 38.5 Å². The Balaban J connectivity index is 4.87. The van der Waals surface area contributed by atoms with Gasteiger partial charge >= 0.3 is 25.7 Å². The molecule has 0 heterocycles. The molecule has 0 aromatic heterocycles. The zero-order valence-corrected chi connectivity index (χ0v) is 46.0. The Kier molecular flexibility index (Phi) is 50.6. The van der Waals surface area contributed by atoms with Gasteiger partial charge in [-0.15, -0.1) is 0 Å². The molecule has 0 amide bonds. The monoisotopic (exact) mass is 1030 g/mol. The largest absolute Gasteiger partial charge is 0.472 e. The smallest absolute Gasteiger partial charge is 0.462 e. The minimum atomic E-state index is -4.78. The average Bonchev–Trinajstić information content (AvgIpc) is 3.37. The Bertz CT molecular complexity index is 1620. The van der Waals surface area contributed by atoms with Gasteiger partial charge in [0.15, 0.2) is 6.10 Å². The number of hydrogen-bond acceptors (Lipinski definition) is 10. The van der Waals surface area contributed by atoms with Crippen LogP contribution in [-0.4, -0.2) is 66.5 Å². The van der Waals surface area contributed by atoms with Crippen LogP contribution in [0, 0.1) is 0 Å². The van der Waals surface area contributed by atoms with Crippen LogP contribution in [0.2, 0.25) is 0 Å². The molecule has 0 aliphatic carbocycles. The van der Waals surface area contributed by atoms with Crippen LogP contribution >= 0.6 is 7.82 Å². The fraction of sp³-hybridized carbons (Fsp3) is 0.650. The first-order valence-corrected chi connectivity index (χ1v) is 29.3. The summed E-state index contributed by atoms with van der Waals surface area (Å²) in [6.45, 7) is 4.26. The van der Waals surface area contributed by atoms with Gasteiger partial charge in [0, 0.05) is 12.8 Å². The summed E-state index contributed by atoms with van der Waals surface area (Å²) in [6.07, 6.45) is 63.7. The molecule has 3 unspecified atom stereocenters. The fourth-order valence-electron chi connectivity index (χ4n) is 7.03. The Morgan fingerprint density at radius 3 is 1.24 bits per heavy atom. The number of allylic oxidation sites excluding steroid dienone is 17. The highest BCUT2D eigenvalue weighted by molar-refractivity contribution is 7.47. The first-order valence-electron chi connectivity index (χ1n) is 27.8. The van der Waals surface area contributed by atoms with E-state index in [2.05, 4.69) is 106 Å². The van der Waals surface area contributed by atoms with Gasteiger partial charge in [0.25, 0.3) is 0 Å². The average molecular weight is 1030 g/mol. The Labute approximate surface area is 437 Å². The van der Waals surface area contributed by atoms with Gasteiger partial charge in [-0.25, -0.2) is 4.57 Å². The van der Waals surface area contributed by atoms with Gasteiger partial charge < -0.3 is 24.2 Å². The maximum atomic E-state index is 12.9. The molecule has 12 heteroatoms. The molecule has 0 bridgehead atoms. The van der Waals surface area contributed by atoms with Crippen LogP contribution in [0.1, 0.15) is 213 Å². The number of hydrogen-bond donors (Lipinski definition) is 2. The molecule has 0 aliphatic heterocycles. The second-order valence-electron chi connectivity index (χ2n) is 18.0. The molecule has 0 aromatic carbocycles. The lowest BCUT2D eigenvalue weighted by atomic mass is 10.1. The molecule has 0 saturated carbocycles. The standard InChI is InChI=1S/C60H99O11P/c1-4-7-10-13-16-19-22-25-28-31-34-37-40-43-46-49-58(62)67-53-57(71-60(64)51-48-45-42-39-36-33-30-27-24-21-18-15-12-9-6-3)55-69-72(65,66)68-54-56(52-61)70-59(63)50-47-44-41-38-35-32-29-26-23-20-17-14-11-8-5-2/h7,9-10,12,16,18-19,21,25-30,36,39,45,48,56-57,61H,4-6,8,11,13-15,17,20,22-24,31-35,37-38,40-44,46-47,49-55H2,1-3H3,(H,65,66)/b10-7-,12-9-,19-16-,21-18-,28-25-,29-26-,30-27-,39-36-,48-45-. The summed E-state index contributed by atoms with van der Waals surface area (Å²) in [4.78, 5) is 48.4. The summed E-state index contributed by atoms with van der Waals surface area (Å²) in [5.74, 6) is -1.66. The second-order valence-corrected chi connectivity index (χ2v) is 19.4. The Hall–Kier alpha value is -3.86. The van der Waals surface area contributed by atoms with Crippen molar-refractivity contribution in [2.75, 3.05) is 26.4 Å². The number of unbranched alkanes of at least 4 members (excludes halogenated alkanes) is 16. The molecule has 0 rings (SSSR count). The highest BCUT2D eigenvalue weighted by Crippen LogP contribution is 2.43. The predicted octanol–water partition coefficient (Wildman–Crippen LogP) is 16.2. The molecule has 72 heavy (non-hydrogen) atoms. The van der Waals surface area contributed by atoms with E-state index in [9.17, 15) is 28.9 Å². The van der Waals surface area contributed by atoms with Crippen molar-refractivity contribution in [3.63, 3.8) is 0 Å². The second kappa shape index (κ2) is 53.4. The third-order valence-electron chi connectivity index (χ3n) is 11.2. The first-order chi connectivity index (χ1) is 35.2. The van der Waals surface area contributed by atoms with Crippen LogP contribution in [-0.2, 0) is 42.2 Å². The summed E-state index contributed by atoms with van der Waals surface area (Å²) in [7, 11) is -4.78. The molecule has 0 saturated heterocycles. The summed E-state index contributed by atoms with van der Waals surface area (Å²) < 4.78 is 39.3. The Morgan fingerprint density at radius 2 is 0.778 bits per heavy atom. The van der Waals surface area contributed by atoms with Gasteiger partial charge in [0.2, 0.25) is 0 Å². The molecule has 11 nitrogen and oxygen atoms in total. The van der Waals surface area contributed by atoms with Gasteiger partial charge in [-0.05, 0) is 103 Å². The van der Waals surface area contributed by atoms with Crippen LogP contribution in [0.3, 0.4) is 0 Å². The van der Waals surface area contributed by atoms with Gasteiger partial charge in [0.05, 0.1) is 26.2 Å². The molecule has 0 fully saturated rings. The number of esters is 3. The molecule has 410 valence electrons. The fourth-order valence-corrected chi connectivity index (χ4v) is 7.81. The summed E-state index contributed by atoms with van der Waals surface area (Å²) in [5.41, 5.74) is 0. The number of rotatable bonds is 50. The van der Waals surface area contributed by atoms with E-state index in [1.807, 2.05) is 18.2 Å². The first kappa shape index (κ1) is 68.1. The normalized spacial score (nSPS) is 14.2. The Morgan fingerprint density at radius 1 is 0.417 bits per heavy atom. The summed E-state index contributed by atoms with van der Waals surface area (Å²) in [5, 5.41) is 9.80. The predicted molar refractivity (Wildman–Crippen MR) is 297 cm³/mol. The van der Waals surface area contributed by atoms with Gasteiger partial charge in [-0.1, -0.05) is 201 Å². The lowest BCUT2D eigenvalue weighted by molar-refractivity contribution is -0.160. The van der Waals surface area contributed by atoms with Gasteiger partial charge in [0.1, 0.15) is 12.7 Å². The molecule has 2 N–H and O–H groups in total. The number of phosphoric ester groups is 1. The number of carbonyl (C=O) groups excluding carboxylic acids is 3. The molecule has 0 spiro atoms. The number of aliphatic hydroxyl groups is 1. The van der Waals surface area contributed by atoms with E-state index in [4.69, 9.17) is 23.3 Å². The van der Waals surface area contributed by atoms with Crippen molar-refractivity contribution in [2.24, 2.45) is 0 Å². The lowest BCUT2D eigenvalue weighted by Crippen LogP contribution is -2.30. The van der Waals surface area contributed by atoms with Gasteiger partial charge in [-0.3, -0.25) is 23.4 Å². The molecule has 0 aliphatic rings. The third kappa shape index (κ3) is 51.1. The highest BCUT2D eigenvalue weighted by atomic mass is 31.2. The van der Waals surface area contributed by atoms with E-state index in [0.717, 1.165) is 116 Å². The zero-order valence-electron chi connectivity index (χ0n) is 45.1. The van der Waals surface area contributed by atoms with E-state index in [1.54, 1.807) is 6.08 Å². The van der Waals surface area contributed by atoms with E-state index in [0.29, 0.717) is 19.3 Å². The van der Waals surface area contributed by atoms with Crippen molar-refractivity contribution in [3.8, 4) is 0 Å². The zero-order chi connectivity index (χ0) is 52.7. The minimum Gasteiger partial charge on any atom is -0.462 e. The molecule has 0 radical (unpaired) electrons. The maximum Gasteiger partial charge on any atom is 0.472 e. The van der Waals surface area contributed by atoms with Crippen LogP contribution in [0.5, 0.6) is 0 Å². The SMILES string of the molecule is CC/C=C\C/C=C\C/C=C\C/C=C\C/C=C\CC(=O)OC(COC(=O)CCCCCCC/C=C\C/C=C\C/C=C\CC)COP(=O)(O)OCC(CO)OC(=O)CCCCCCC/C=C\CCCCCCCC. The van der Waals surface area contributed by atoms with Crippen molar-refractivity contribution in [3.05, 3.63) is 109 Å². The molecular formula is C60H99O11P. The van der Waals surface area contributed by atoms with Crippen molar-refractivity contribution >= 4 is 25.7 Å². The van der Waals surface area contributed by atoms with Crippen molar-refractivity contribution in [1.82, 2.24) is 0 Å². The number of carbonyl (C=O) groups is 3. The van der Waals surface area contributed by atoms with Crippen LogP contribution in [0.25, 0.3) is 0 Å². The van der Waals surface area contributed by atoms with E-state index in [-0.39, 0.29) is 25.9 Å². The van der Waals surface area contributed by atoms with E-state index >= 15 is 0 Å². The molecule has 3 atom stereocenters. The quantitative estimate of drug-likeness (QED) is 0.0197. The van der Waals surface area contributed by atoms with Crippen molar-refractivity contribution in [2.45, 2.75) is 226 Å². The number of aliphatic hydroxyl groups excluding tert-OH is 1. The topological polar surface area (TPSA) is 155 Å². The summed E-state index contributed by atoms with van der Waals surface area (Å²) >= 11 is 0. The number of ether oxygens (including phenoxy) is 3. The third-order valence-corrected chi connectivity index (χ3v) is 12.1. The van der Waals surface area contributed by atoms with Crippen LogP contribution in [0.15, 0.2) is 109 Å². The van der Waals surface area contributed by atoms with Crippen LogP contribution in [0.4, 0.5) is 0 Å². The van der Waals surface area contributed by atoms with Crippen LogP contribution < -0.4 is 0 Å². The maximum absolute atomic E-state index is 12.9. The molecule has 0 aromatic rings. The van der Waals surface area contributed by atoms with Crippen molar-refractivity contribution in [1.29, 1.82) is 0 Å². The van der Waals surface area contributed by atoms with Gasteiger partial charge in [-0.2, -0.15) is 0 Å². The number of phosphoric acid groups is 1. The lowest BCUT2D eigenvalue weighted by Gasteiger charge is -2.21. The van der Waals surface area contributed by atoms with E-state index < -0.39 is 57.8 Å². The minimum absolute atomic E-state index is 0.0738. The van der Waals surface area contributed by atoms with Crippen molar-refractivity contribution < 1.29 is 52.2 Å².